The predicted octanol–water partition coefficient (Wildman–Crippen LogP) is 14.6. The number of hydrogen-bond donors (Lipinski definition) is 5. The number of Topliss-reactive ketones (excluding diaryl/α,β-unsaturated/α-hetero) is 3. The molecule has 5 fully saturated rings. The molecule has 0 atom stereocenters. The Morgan fingerprint density at radius 2 is 0.764 bits per heavy atom. The number of nitrogens with zero attached hydrogens (tertiary/aromatic N) is 4. The predicted molar refractivity (Wildman–Crippen MR) is 421 cm³/mol. The fourth-order valence-corrected chi connectivity index (χ4v) is 13.1. The first kappa shape index (κ1) is 88.8. The van der Waals surface area contributed by atoms with Crippen molar-refractivity contribution in [2.75, 3.05) is 116 Å². The molecule has 0 aromatic heterocycles. The molecular weight excluding hydrogens is 1480 g/mol. The first-order valence-electron chi connectivity index (χ1n) is 37.7. The van der Waals surface area contributed by atoms with Gasteiger partial charge in [0.25, 0.3) is 23.6 Å². The van der Waals surface area contributed by atoms with Crippen molar-refractivity contribution in [2.24, 2.45) is 0 Å². The number of anilines is 3. The number of ether oxygens (including phenoxy) is 3. The molecule has 0 saturated carbocycles. The topological polar surface area (TPSA) is 263 Å². The molecule has 0 unspecified atom stereocenters. The minimum Gasteiger partial charge on any atom is -0.476 e. The quantitative estimate of drug-likeness (QED) is 0.0174. The van der Waals surface area contributed by atoms with E-state index in [1.54, 1.807) is 48.5 Å². The lowest BCUT2D eigenvalue weighted by molar-refractivity contribution is -0.151. The summed E-state index contributed by atoms with van der Waals surface area (Å²) in [5.74, 6) is -7.67. The average Bonchev–Trinajstić information content (AvgIpc) is 1.04. The number of amides is 4. The lowest BCUT2D eigenvalue weighted by Crippen LogP contribution is -2.33. The number of nitrogens with one attached hydrogen (secondary N) is 4. The second-order valence-electron chi connectivity index (χ2n) is 27.8. The Morgan fingerprint density at radius 1 is 0.436 bits per heavy atom. The van der Waals surface area contributed by atoms with Crippen molar-refractivity contribution in [3.8, 4) is 0 Å². The number of carboxylic acids is 1. The van der Waals surface area contributed by atoms with Gasteiger partial charge >= 0.3 is 11.9 Å². The zero-order chi connectivity index (χ0) is 79.3. The smallest absolute Gasteiger partial charge is 0.374 e. The van der Waals surface area contributed by atoms with Crippen LogP contribution >= 0.6 is 34.8 Å². The lowest BCUT2D eigenvalue weighted by atomic mass is 9.97. The monoisotopic (exact) mass is 1580 g/mol. The number of benzene rings is 6. The molecule has 110 heavy (non-hydrogen) atoms. The van der Waals surface area contributed by atoms with Gasteiger partial charge in [-0.1, -0.05) is 72.3 Å². The Kier molecular flexibility index (Phi) is 38.5. The first-order valence-corrected chi connectivity index (χ1v) is 38.9. The van der Waals surface area contributed by atoms with E-state index in [1.807, 2.05) is 31.1 Å². The highest BCUT2D eigenvalue weighted by Crippen LogP contribution is 2.28. The molecule has 4 amide bonds. The van der Waals surface area contributed by atoms with Gasteiger partial charge in [0.05, 0.1) is 22.2 Å². The number of methoxy groups -OCH3 is 1. The van der Waals surface area contributed by atoms with Crippen LogP contribution in [0.15, 0.2) is 109 Å². The molecule has 21 nitrogen and oxygen atoms in total. The summed E-state index contributed by atoms with van der Waals surface area (Å²) in [5, 5.41) is 19.5. The van der Waals surface area contributed by atoms with Crippen molar-refractivity contribution in [2.45, 2.75) is 148 Å². The van der Waals surface area contributed by atoms with Crippen LogP contribution in [0.25, 0.3) is 0 Å². The summed E-state index contributed by atoms with van der Waals surface area (Å²) in [5.41, 5.74) is 7.64. The SMILES string of the molecule is C1CCOC1.C1CCOC1.CN(C)CCCNC(=O)C(=O)CCc1ccc(C(=O)Nc2ccc(Cl)c(F)c2)cc1CN1CCCCC1.COC(=O)C(=O)CCc1ccc(C(=O)Nc2ccc(Cl)c(F)c2)cc1CN1CCCCC1.O=C(O)C(=O)CCc1ccc(C(=O)Nc2ccc(Cl)c(F)c2)cc1CN1CCCCC1. The molecule has 5 heterocycles. The van der Waals surface area contributed by atoms with Crippen molar-refractivity contribution in [1.29, 1.82) is 0 Å². The molecule has 5 N–H and O–H groups in total. The van der Waals surface area contributed by atoms with E-state index in [2.05, 4.69) is 40.7 Å². The third kappa shape index (κ3) is 31.4. The second-order valence-corrected chi connectivity index (χ2v) is 29.0. The third-order valence-corrected chi connectivity index (χ3v) is 19.9. The average molecular weight is 1580 g/mol. The van der Waals surface area contributed by atoms with Crippen molar-refractivity contribution in [3.05, 3.63) is 192 Å². The summed E-state index contributed by atoms with van der Waals surface area (Å²) < 4.78 is 55.5. The number of piperidine rings is 3. The Bertz CT molecular complexity index is 4040. The highest BCUT2D eigenvalue weighted by atomic mass is 35.5. The van der Waals surface area contributed by atoms with Crippen LogP contribution in [0.2, 0.25) is 15.1 Å². The number of rotatable bonds is 28. The molecule has 0 aliphatic carbocycles. The van der Waals surface area contributed by atoms with Crippen molar-refractivity contribution >= 4 is 105 Å². The van der Waals surface area contributed by atoms with E-state index in [-0.39, 0.29) is 46.1 Å². The number of aryl methyl sites for hydroxylation is 3. The molecule has 27 heteroatoms. The van der Waals surface area contributed by atoms with Gasteiger partial charge in [-0.2, -0.15) is 0 Å². The molecule has 6 aromatic carbocycles. The van der Waals surface area contributed by atoms with E-state index < -0.39 is 58.6 Å². The maximum Gasteiger partial charge on any atom is 0.374 e. The van der Waals surface area contributed by atoms with Gasteiger partial charge in [0.15, 0.2) is 0 Å². The molecule has 5 aliphatic rings. The zero-order valence-electron chi connectivity index (χ0n) is 63.0. The van der Waals surface area contributed by atoms with E-state index in [4.69, 9.17) is 49.4 Å². The largest absolute Gasteiger partial charge is 0.476 e. The van der Waals surface area contributed by atoms with Gasteiger partial charge in [-0.15, -0.1) is 0 Å². The minimum absolute atomic E-state index is 0.0111. The fourth-order valence-electron chi connectivity index (χ4n) is 12.8. The van der Waals surface area contributed by atoms with E-state index >= 15 is 0 Å². The van der Waals surface area contributed by atoms with Crippen molar-refractivity contribution < 1.29 is 75.6 Å². The van der Waals surface area contributed by atoms with Gasteiger partial charge in [0.1, 0.15) is 17.5 Å². The standard InChI is InChI=1S/C28H36ClFN4O3.C24H26ClFN2O4.C23H24ClFN2O4.2C4H8O/c1-33(2)14-6-13-31-28(37)26(35)12-9-20-7-8-21(17-22(20)19-34-15-4-3-5-16-34)27(36)32-23-10-11-24(29)25(30)18-23;1-32-24(31)22(29)10-7-16-5-6-17(13-18(16)15-28-11-3-2-4-12-28)23(30)27-19-8-9-20(25)21(26)14-19;24-19-8-7-18(13-20(19)25)26-22(29)16-5-4-15(6-9-21(28)23(30)31)17(12-16)14-27-10-2-1-3-11-27;2*1-2-4-5-3-1/h7-8,10-11,17-18H,3-6,9,12-16,19H2,1-2H3,(H,31,37)(H,32,36);5-6,8-9,13-14H,2-4,7,10-12,15H2,1H3,(H,27,30);4-5,7-8,12-13H,1-3,6,9-11,14H2,(H,26,29)(H,30,31);2*1-4H2. The maximum absolute atomic E-state index is 13.8. The van der Waals surface area contributed by atoms with Gasteiger partial charge < -0.3 is 45.5 Å². The summed E-state index contributed by atoms with van der Waals surface area (Å²) in [4.78, 5) is 118. The normalized spacial score (nSPS) is 15.0. The van der Waals surface area contributed by atoms with Gasteiger partial charge in [-0.3, -0.25) is 48.3 Å². The lowest BCUT2D eigenvalue weighted by Gasteiger charge is -2.27. The molecule has 6 aromatic rings. The van der Waals surface area contributed by atoms with E-state index in [9.17, 15) is 56.3 Å². The molecule has 11 rings (SSSR count). The minimum atomic E-state index is -1.44. The van der Waals surface area contributed by atoms with Crippen LogP contribution in [0.3, 0.4) is 0 Å². The molecule has 0 spiro atoms. The Morgan fingerprint density at radius 3 is 1.05 bits per heavy atom. The molecule has 5 aliphatic heterocycles. The van der Waals surface area contributed by atoms with Gasteiger partial charge in [-0.05, 0) is 274 Å². The molecular formula is C83H102Cl3F3N8O13. The van der Waals surface area contributed by atoms with Gasteiger partial charge in [0.2, 0.25) is 17.3 Å². The van der Waals surface area contributed by atoms with Crippen LogP contribution in [0.4, 0.5) is 30.2 Å². The van der Waals surface area contributed by atoms with Crippen LogP contribution in [0.1, 0.15) is 174 Å². The number of carboxylic acid groups (broad SMARTS) is 1. The highest BCUT2D eigenvalue weighted by molar-refractivity contribution is 6.36. The number of carbonyl (C=O) groups excluding carboxylic acids is 8. The van der Waals surface area contributed by atoms with Crippen LogP contribution in [0, 0.1) is 17.5 Å². The molecule has 594 valence electrons. The first-order chi connectivity index (χ1) is 52.9. The number of esters is 1. The zero-order valence-corrected chi connectivity index (χ0v) is 65.3. The summed E-state index contributed by atoms with van der Waals surface area (Å²) in [6, 6.07) is 28.0. The summed E-state index contributed by atoms with van der Waals surface area (Å²) in [7, 11) is 5.10. The number of likely N-dealkylation sites (tertiary alicyclic amines) is 3. The number of ketones is 3. The third-order valence-electron chi connectivity index (χ3n) is 19.0. The summed E-state index contributed by atoms with van der Waals surface area (Å²) >= 11 is 17.1. The van der Waals surface area contributed by atoms with Crippen molar-refractivity contribution in [3.63, 3.8) is 0 Å². The van der Waals surface area contributed by atoms with Crippen molar-refractivity contribution in [1.82, 2.24) is 24.9 Å². The molecule has 5 saturated heterocycles. The molecule has 0 bridgehead atoms. The van der Waals surface area contributed by atoms with Crippen LogP contribution in [0.5, 0.6) is 0 Å². The Hall–Kier alpha value is -8.43. The fraction of sp³-hybridized carbons (Fsp3) is 0.458. The maximum atomic E-state index is 13.8. The number of aliphatic carboxylic acids is 1. The van der Waals surface area contributed by atoms with E-state index in [0.717, 1.165) is 157 Å². The number of hydrogen-bond acceptors (Lipinski definition) is 16. The van der Waals surface area contributed by atoms with Crippen LogP contribution < -0.4 is 21.3 Å². The van der Waals surface area contributed by atoms with E-state index in [0.29, 0.717) is 79.2 Å². The summed E-state index contributed by atoms with van der Waals surface area (Å²) in [6.07, 6.45) is 17.3. The number of halogens is 6. The van der Waals surface area contributed by atoms with Crippen LogP contribution in [-0.2, 0) is 81.9 Å². The van der Waals surface area contributed by atoms with Gasteiger partial charge in [0, 0.05) is 106 Å². The van der Waals surface area contributed by atoms with Crippen LogP contribution in [-0.4, -0.2) is 178 Å². The second kappa shape index (κ2) is 47.7. The van der Waals surface area contributed by atoms with Gasteiger partial charge in [-0.25, -0.2) is 22.8 Å². The molecule has 0 radical (unpaired) electrons. The Labute approximate surface area is 657 Å². The Balaban J connectivity index is 0.000000215. The number of carbonyl (C=O) groups is 9. The summed E-state index contributed by atoms with van der Waals surface area (Å²) in [6.45, 7) is 13.0. The highest BCUT2D eigenvalue weighted by Gasteiger charge is 2.23. The van der Waals surface area contributed by atoms with E-state index in [1.165, 1.54) is 94.5 Å².